The molecule has 5 heteroatoms. The Bertz CT molecular complexity index is 943. The first-order chi connectivity index (χ1) is 12.3. The Morgan fingerprint density at radius 2 is 2.08 bits per heavy atom. The highest BCUT2D eigenvalue weighted by molar-refractivity contribution is 6.02. The van der Waals surface area contributed by atoms with E-state index in [0.29, 0.717) is 13.0 Å². The Balaban J connectivity index is 1.61. The van der Waals surface area contributed by atoms with Gasteiger partial charge in [0.05, 0.1) is 6.04 Å². The minimum atomic E-state index is -0.187. The zero-order valence-electron chi connectivity index (χ0n) is 13.8. The van der Waals surface area contributed by atoms with Gasteiger partial charge in [0.1, 0.15) is 5.65 Å². The van der Waals surface area contributed by atoms with Crippen LogP contribution in [0.4, 0.5) is 0 Å². The second kappa shape index (κ2) is 6.53. The third-order valence-electron chi connectivity index (χ3n) is 4.72. The summed E-state index contributed by atoms with van der Waals surface area (Å²) >= 11 is 0. The van der Waals surface area contributed by atoms with E-state index in [0.717, 1.165) is 34.2 Å². The largest absolute Gasteiger partial charge is 0.346 e. The van der Waals surface area contributed by atoms with Crippen molar-refractivity contribution < 1.29 is 4.79 Å². The van der Waals surface area contributed by atoms with Crippen molar-refractivity contribution in [1.29, 1.82) is 0 Å². The summed E-state index contributed by atoms with van der Waals surface area (Å²) in [5, 5.41) is 4.19. The maximum atomic E-state index is 12.8. The van der Waals surface area contributed by atoms with Crippen LogP contribution in [-0.4, -0.2) is 22.4 Å². The molecule has 25 heavy (non-hydrogen) atoms. The number of amides is 1. The summed E-state index contributed by atoms with van der Waals surface area (Å²) in [6.45, 7) is 0.363. The Labute approximate surface area is 146 Å². The molecule has 2 heterocycles. The number of hydrogen-bond acceptors (Lipinski definition) is 3. The molecule has 0 saturated carbocycles. The van der Waals surface area contributed by atoms with Gasteiger partial charge in [0.15, 0.2) is 0 Å². The van der Waals surface area contributed by atoms with E-state index < -0.39 is 0 Å². The summed E-state index contributed by atoms with van der Waals surface area (Å²) in [6, 6.07) is 11.7. The summed E-state index contributed by atoms with van der Waals surface area (Å²) in [7, 11) is 0. The third-order valence-corrected chi connectivity index (χ3v) is 4.72. The minimum absolute atomic E-state index is 0.0607. The van der Waals surface area contributed by atoms with Gasteiger partial charge in [-0.15, -0.1) is 0 Å². The van der Waals surface area contributed by atoms with Gasteiger partial charge in [0.25, 0.3) is 0 Å². The number of aromatic amines is 1. The van der Waals surface area contributed by atoms with Crippen LogP contribution in [0.2, 0.25) is 0 Å². The SMILES string of the molecule is NC[C@@H](NC(=O)C1=Cc2c[nH]c3nccc(c23)CC1)c1ccccc1. The van der Waals surface area contributed by atoms with Crippen LogP contribution in [0.15, 0.2) is 54.4 Å². The van der Waals surface area contributed by atoms with Gasteiger partial charge in [0.2, 0.25) is 5.91 Å². The molecule has 4 rings (SSSR count). The molecule has 0 radical (unpaired) electrons. The molecule has 5 nitrogen and oxygen atoms in total. The topological polar surface area (TPSA) is 83.8 Å². The maximum absolute atomic E-state index is 12.8. The number of aryl methyl sites for hydroxylation is 1. The van der Waals surface area contributed by atoms with E-state index in [1.165, 1.54) is 5.56 Å². The number of H-pyrrole nitrogens is 1. The average Bonchev–Trinajstić information content (AvgIpc) is 2.96. The first-order valence-electron chi connectivity index (χ1n) is 8.47. The number of hydrogen-bond donors (Lipinski definition) is 3. The van der Waals surface area contributed by atoms with E-state index in [4.69, 9.17) is 5.73 Å². The smallest absolute Gasteiger partial charge is 0.247 e. The highest BCUT2D eigenvalue weighted by Crippen LogP contribution is 2.29. The molecular weight excluding hydrogens is 312 g/mol. The fourth-order valence-electron chi connectivity index (χ4n) is 3.40. The number of carbonyl (C=O) groups is 1. The lowest BCUT2D eigenvalue weighted by molar-refractivity contribution is -0.118. The minimum Gasteiger partial charge on any atom is -0.346 e. The van der Waals surface area contributed by atoms with Crippen molar-refractivity contribution in [3.8, 4) is 0 Å². The molecule has 0 unspecified atom stereocenters. The van der Waals surface area contributed by atoms with E-state index >= 15 is 0 Å². The predicted octanol–water partition coefficient (Wildman–Crippen LogP) is 2.71. The van der Waals surface area contributed by atoms with E-state index in [1.807, 2.05) is 54.9 Å². The first kappa shape index (κ1) is 15.6. The molecule has 1 aliphatic carbocycles. The van der Waals surface area contributed by atoms with E-state index in [9.17, 15) is 4.79 Å². The number of pyridine rings is 1. The molecule has 0 bridgehead atoms. The summed E-state index contributed by atoms with van der Waals surface area (Å²) in [4.78, 5) is 20.4. The highest BCUT2D eigenvalue weighted by Gasteiger charge is 2.20. The molecule has 3 aromatic rings. The van der Waals surface area contributed by atoms with Crippen molar-refractivity contribution in [1.82, 2.24) is 15.3 Å². The molecule has 0 spiro atoms. The van der Waals surface area contributed by atoms with E-state index in [1.54, 1.807) is 0 Å². The lowest BCUT2D eigenvalue weighted by atomic mass is 10.0. The van der Waals surface area contributed by atoms with Gasteiger partial charge in [-0.3, -0.25) is 4.79 Å². The van der Waals surface area contributed by atoms with Gasteiger partial charge in [-0.1, -0.05) is 30.3 Å². The quantitative estimate of drug-likeness (QED) is 0.687. The predicted molar refractivity (Wildman–Crippen MR) is 98.8 cm³/mol. The van der Waals surface area contributed by atoms with Crippen molar-refractivity contribution in [2.75, 3.05) is 6.54 Å². The molecular formula is C20H20N4O. The monoisotopic (exact) mass is 332 g/mol. The molecule has 126 valence electrons. The highest BCUT2D eigenvalue weighted by atomic mass is 16.1. The van der Waals surface area contributed by atoms with Crippen LogP contribution in [0, 0.1) is 0 Å². The summed E-state index contributed by atoms with van der Waals surface area (Å²) in [5.41, 5.74) is 10.8. The number of nitrogens with one attached hydrogen (secondary N) is 2. The van der Waals surface area contributed by atoms with Crippen LogP contribution in [-0.2, 0) is 11.2 Å². The number of carbonyl (C=O) groups excluding carboxylic acids is 1. The molecule has 0 aliphatic heterocycles. The number of rotatable bonds is 4. The summed E-state index contributed by atoms with van der Waals surface area (Å²) < 4.78 is 0. The van der Waals surface area contributed by atoms with Crippen molar-refractivity contribution in [2.24, 2.45) is 5.73 Å². The van der Waals surface area contributed by atoms with Crippen LogP contribution in [0.25, 0.3) is 17.1 Å². The second-order valence-electron chi connectivity index (χ2n) is 6.28. The van der Waals surface area contributed by atoms with Gasteiger partial charge < -0.3 is 16.0 Å². The normalized spacial score (nSPS) is 14.7. The van der Waals surface area contributed by atoms with E-state index in [-0.39, 0.29) is 11.9 Å². The molecule has 1 aromatic carbocycles. The fraction of sp³-hybridized carbons (Fsp3) is 0.200. The number of aromatic nitrogens is 2. The molecule has 0 saturated heterocycles. The second-order valence-corrected chi connectivity index (χ2v) is 6.28. The zero-order valence-corrected chi connectivity index (χ0v) is 13.8. The van der Waals surface area contributed by atoms with Crippen molar-refractivity contribution in [3.63, 3.8) is 0 Å². The van der Waals surface area contributed by atoms with E-state index in [2.05, 4.69) is 15.3 Å². The van der Waals surface area contributed by atoms with Crippen LogP contribution in [0.3, 0.4) is 0 Å². The van der Waals surface area contributed by atoms with Gasteiger partial charge in [-0.05, 0) is 36.1 Å². The van der Waals surface area contributed by atoms with Gasteiger partial charge in [-0.2, -0.15) is 0 Å². The zero-order chi connectivity index (χ0) is 17.2. The molecule has 1 aliphatic rings. The summed E-state index contributed by atoms with van der Waals surface area (Å²) in [5.74, 6) is -0.0607. The average molecular weight is 332 g/mol. The van der Waals surface area contributed by atoms with Crippen molar-refractivity contribution in [3.05, 3.63) is 71.1 Å². The molecule has 2 aromatic heterocycles. The molecule has 1 amide bonds. The Hall–Kier alpha value is -2.92. The van der Waals surface area contributed by atoms with Gasteiger partial charge in [-0.25, -0.2) is 4.98 Å². The fourth-order valence-corrected chi connectivity index (χ4v) is 3.40. The molecule has 1 atom stereocenters. The number of benzene rings is 1. The van der Waals surface area contributed by atoms with Crippen LogP contribution >= 0.6 is 0 Å². The van der Waals surface area contributed by atoms with Crippen LogP contribution < -0.4 is 11.1 Å². The Kier molecular flexibility index (Phi) is 4.07. The Morgan fingerprint density at radius 1 is 1.24 bits per heavy atom. The molecule has 4 N–H and O–H groups in total. The van der Waals surface area contributed by atoms with Crippen molar-refractivity contribution in [2.45, 2.75) is 18.9 Å². The summed E-state index contributed by atoms with van der Waals surface area (Å²) in [6.07, 6.45) is 7.21. The number of nitrogens with two attached hydrogens (primary N) is 1. The molecule has 0 fully saturated rings. The van der Waals surface area contributed by atoms with Gasteiger partial charge >= 0.3 is 0 Å². The van der Waals surface area contributed by atoms with Gasteiger partial charge in [0, 0.05) is 35.5 Å². The Morgan fingerprint density at radius 3 is 2.88 bits per heavy atom. The van der Waals surface area contributed by atoms with Crippen molar-refractivity contribution >= 4 is 23.0 Å². The van der Waals surface area contributed by atoms with Crippen LogP contribution in [0.1, 0.15) is 29.2 Å². The maximum Gasteiger partial charge on any atom is 0.247 e. The number of nitrogens with zero attached hydrogens (tertiary/aromatic N) is 1. The standard InChI is InChI=1S/C20H20N4O/c21-11-17(13-4-2-1-3-5-13)24-20(25)15-7-6-14-8-9-22-19-18(14)16(10-15)12-23-19/h1-5,8-10,12,17H,6-7,11,21H2,(H,22,23)(H,24,25)/t17-/m1/s1. The first-order valence-corrected chi connectivity index (χ1v) is 8.47. The lowest BCUT2D eigenvalue weighted by Crippen LogP contribution is -2.34. The lowest BCUT2D eigenvalue weighted by Gasteiger charge is -2.18. The van der Waals surface area contributed by atoms with Crippen LogP contribution in [0.5, 0.6) is 0 Å². The third kappa shape index (κ3) is 2.94.